The number of benzene rings is 1. The first kappa shape index (κ1) is 26.6. The number of pyridine rings is 3. The van der Waals surface area contributed by atoms with Gasteiger partial charge in [0.1, 0.15) is 17.3 Å². The number of nitrogens with zero attached hydrogens (tertiary/aromatic N) is 6. The third-order valence-corrected chi connectivity index (χ3v) is 8.63. The number of carbonyl (C=O) groups excluding carboxylic acids is 2. The maximum absolute atomic E-state index is 15.3. The maximum atomic E-state index is 15.3. The SMILES string of the molecule is [2H]C([2H])([2H])N1C(=O)C[C@H]2CN(C(=O)C=C)CCN2c2c1c(=O)n(-c1c(C)ccnc1C(C)C)c1nc(-c3c(O)cccc3F)c(Cl)cc21. The van der Waals surface area contributed by atoms with Crippen LogP contribution in [0.5, 0.6) is 5.75 Å². The summed E-state index contributed by atoms with van der Waals surface area (Å²) in [4.78, 5) is 54.7. The Kier molecular flexibility index (Phi) is 6.68. The Hall–Kier alpha value is -4.77. The van der Waals surface area contributed by atoms with Crippen molar-refractivity contribution in [1.82, 2.24) is 19.4 Å². The molecule has 1 aromatic carbocycles. The summed E-state index contributed by atoms with van der Waals surface area (Å²) in [5.41, 5.74) is -0.269. The van der Waals surface area contributed by atoms with Crippen LogP contribution in [0.3, 0.4) is 0 Å². The number of halogens is 2. The molecule has 6 rings (SSSR count). The van der Waals surface area contributed by atoms with Crippen LogP contribution in [-0.4, -0.2) is 69.0 Å². The van der Waals surface area contributed by atoms with E-state index in [-0.39, 0.29) is 70.9 Å². The van der Waals surface area contributed by atoms with Crippen LogP contribution in [0.25, 0.3) is 28.0 Å². The Bertz CT molecular complexity index is 2070. The number of amides is 2. The number of fused-ring (bicyclic) bond motifs is 5. The highest BCUT2D eigenvalue weighted by atomic mass is 35.5. The fraction of sp³-hybridized carbons (Fsp3) is 0.303. The number of piperazine rings is 1. The number of aromatic hydroxyl groups is 1. The van der Waals surface area contributed by atoms with Gasteiger partial charge in [-0.25, -0.2) is 9.37 Å². The largest absolute Gasteiger partial charge is 0.507 e. The molecule has 0 aliphatic carbocycles. The quantitative estimate of drug-likeness (QED) is 0.317. The fourth-order valence-electron chi connectivity index (χ4n) is 6.23. The van der Waals surface area contributed by atoms with E-state index in [0.717, 1.165) is 12.1 Å². The number of aromatic nitrogens is 3. The highest BCUT2D eigenvalue weighted by Crippen LogP contribution is 2.44. The predicted octanol–water partition coefficient (Wildman–Crippen LogP) is 4.95. The molecule has 2 aliphatic rings. The van der Waals surface area contributed by atoms with Crippen molar-refractivity contribution >= 4 is 45.8 Å². The van der Waals surface area contributed by atoms with Crippen molar-refractivity contribution in [2.75, 3.05) is 36.4 Å². The molecule has 2 amide bonds. The molecule has 1 atom stereocenters. The first-order valence-electron chi connectivity index (χ1n) is 15.9. The average molecular weight is 634 g/mol. The highest BCUT2D eigenvalue weighted by Gasteiger charge is 2.40. The van der Waals surface area contributed by atoms with E-state index >= 15 is 9.18 Å². The predicted molar refractivity (Wildman–Crippen MR) is 172 cm³/mol. The van der Waals surface area contributed by atoms with Crippen LogP contribution < -0.4 is 15.4 Å². The summed E-state index contributed by atoms with van der Waals surface area (Å²) in [5, 5.41) is 10.8. The van der Waals surface area contributed by atoms with E-state index in [2.05, 4.69) is 11.6 Å². The number of hydrogen-bond acceptors (Lipinski definition) is 7. The van der Waals surface area contributed by atoms with E-state index in [4.69, 9.17) is 20.7 Å². The van der Waals surface area contributed by atoms with Gasteiger partial charge < -0.3 is 19.8 Å². The zero-order chi connectivity index (χ0) is 34.8. The van der Waals surface area contributed by atoms with Crippen molar-refractivity contribution < 1.29 is 23.2 Å². The molecule has 3 aromatic heterocycles. The molecule has 0 unspecified atom stereocenters. The summed E-state index contributed by atoms with van der Waals surface area (Å²) in [6.45, 7) is 6.36. The lowest BCUT2D eigenvalue weighted by Gasteiger charge is -2.42. The molecule has 1 saturated heterocycles. The van der Waals surface area contributed by atoms with Gasteiger partial charge in [-0.05, 0) is 48.7 Å². The van der Waals surface area contributed by atoms with Gasteiger partial charge in [-0.2, -0.15) is 0 Å². The van der Waals surface area contributed by atoms with Gasteiger partial charge in [0.25, 0.3) is 5.56 Å². The first-order valence-corrected chi connectivity index (χ1v) is 14.8. The van der Waals surface area contributed by atoms with E-state index in [1.54, 1.807) is 24.1 Å². The number of phenols is 1. The van der Waals surface area contributed by atoms with Crippen molar-refractivity contribution in [3.63, 3.8) is 0 Å². The van der Waals surface area contributed by atoms with Gasteiger partial charge in [0.2, 0.25) is 11.8 Å². The average Bonchev–Trinajstić information content (AvgIpc) is 3.15. The first-order chi connectivity index (χ1) is 22.6. The number of rotatable bonds is 4. The summed E-state index contributed by atoms with van der Waals surface area (Å²) >= 11 is 6.82. The van der Waals surface area contributed by atoms with E-state index in [0.29, 0.717) is 21.8 Å². The third-order valence-electron chi connectivity index (χ3n) is 8.35. The lowest BCUT2D eigenvalue weighted by atomic mass is 10.0. The van der Waals surface area contributed by atoms with Gasteiger partial charge in [0.15, 0.2) is 5.65 Å². The lowest BCUT2D eigenvalue weighted by Crippen LogP contribution is -2.55. The van der Waals surface area contributed by atoms with Crippen molar-refractivity contribution in [2.45, 2.75) is 39.2 Å². The molecule has 0 bridgehead atoms. The van der Waals surface area contributed by atoms with Crippen molar-refractivity contribution in [3.05, 3.63) is 81.6 Å². The van der Waals surface area contributed by atoms with E-state index < -0.39 is 41.7 Å². The van der Waals surface area contributed by atoms with Crippen LogP contribution >= 0.6 is 11.6 Å². The summed E-state index contributed by atoms with van der Waals surface area (Å²) in [6, 6.07) is 6.14. The minimum absolute atomic E-state index is 0.0259. The lowest BCUT2D eigenvalue weighted by molar-refractivity contribution is -0.127. The Morgan fingerprint density at radius 2 is 2.00 bits per heavy atom. The van der Waals surface area contributed by atoms with E-state index in [1.807, 2.05) is 13.8 Å². The van der Waals surface area contributed by atoms with Gasteiger partial charge in [0.05, 0.1) is 39.4 Å². The van der Waals surface area contributed by atoms with Crippen LogP contribution in [0.4, 0.5) is 15.8 Å². The molecular formula is C33H32ClFN6O4. The van der Waals surface area contributed by atoms with Gasteiger partial charge >= 0.3 is 0 Å². The number of carbonyl (C=O) groups is 2. The van der Waals surface area contributed by atoms with Crippen molar-refractivity contribution in [2.24, 2.45) is 0 Å². The van der Waals surface area contributed by atoms with Gasteiger partial charge in [-0.1, -0.05) is 38.1 Å². The highest BCUT2D eigenvalue weighted by molar-refractivity contribution is 6.34. The third kappa shape index (κ3) is 4.82. The van der Waals surface area contributed by atoms with Gasteiger partial charge in [-0.15, -0.1) is 0 Å². The zero-order valence-electron chi connectivity index (χ0n) is 27.8. The summed E-state index contributed by atoms with van der Waals surface area (Å²) in [6.07, 6.45) is 2.43. The Morgan fingerprint density at radius 3 is 2.69 bits per heavy atom. The molecule has 2 aliphatic heterocycles. The molecule has 45 heavy (non-hydrogen) atoms. The molecule has 10 nitrogen and oxygen atoms in total. The fourth-order valence-corrected chi connectivity index (χ4v) is 6.48. The molecule has 0 radical (unpaired) electrons. The number of phenolic OH excluding ortho intramolecular Hbond substituents is 1. The number of aryl methyl sites for hydroxylation is 1. The topological polar surface area (TPSA) is 112 Å². The monoisotopic (exact) mass is 633 g/mol. The van der Waals surface area contributed by atoms with E-state index in [9.17, 15) is 14.7 Å². The van der Waals surface area contributed by atoms with Crippen LogP contribution in [-0.2, 0) is 9.59 Å². The molecule has 0 spiro atoms. The molecule has 1 fully saturated rings. The molecule has 0 saturated carbocycles. The Morgan fingerprint density at radius 1 is 1.22 bits per heavy atom. The summed E-state index contributed by atoms with van der Waals surface area (Å²) in [7, 11) is 0. The van der Waals surface area contributed by atoms with Gasteiger partial charge in [0, 0.05) is 48.7 Å². The second-order valence-corrected chi connectivity index (χ2v) is 11.9. The minimum atomic E-state index is -3.08. The van der Waals surface area contributed by atoms with Crippen molar-refractivity contribution in [3.8, 4) is 22.7 Å². The molecule has 5 heterocycles. The van der Waals surface area contributed by atoms with Crippen LogP contribution in [0.1, 0.15) is 41.6 Å². The normalized spacial score (nSPS) is 17.8. The Labute approximate surface area is 268 Å². The number of hydrogen-bond donors (Lipinski definition) is 1. The molecule has 1 N–H and O–H groups in total. The number of anilines is 2. The minimum Gasteiger partial charge on any atom is -0.507 e. The summed E-state index contributed by atoms with van der Waals surface area (Å²) < 4.78 is 41.7. The molecule has 4 aromatic rings. The summed E-state index contributed by atoms with van der Waals surface area (Å²) in [5.74, 6) is -2.65. The van der Waals surface area contributed by atoms with Gasteiger partial charge in [-0.3, -0.25) is 23.9 Å². The standard InChI is InChI=1S/C33H32ClFN6O4/c1-6-24(43)39-12-13-40-19(16-39)14-25(44)38(5)31-30(40)20-15-21(34)28(26-22(35)8-7-9-23(26)42)37-32(20)41(33(31)45)29-18(4)10-11-36-27(29)17(2)3/h6-11,15,17,19,42H,1,12-14,16H2,2-5H3/t19-/m0/s1/i5D3. The van der Waals surface area contributed by atoms with Crippen LogP contribution in [0.2, 0.25) is 5.02 Å². The van der Waals surface area contributed by atoms with Crippen molar-refractivity contribution in [1.29, 1.82) is 0 Å². The van der Waals surface area contributed by atoms with E-state index in [1.165, 1.54) is 27.7 Å². The zero-order valence-corrected chi connectivity index (χ0v) is 25.6. The smallest absolute Gasteiger partial charge is 0.283 e. The Balaban J connectivity index is 1.81. The molecule has 12 heteroatoms. The van der Waals surface area contributed by atoms with Crippen LogP contribution in [0.15, 0.2) is 54.0 Å². The second-order valence-electron chi connectivity index (χ2n) is 11.4. The molecule has 232 valence electrons. The second kappa shape index (κ2) is 11.3. The molecular weight excluding hydrogens is 599 g/mol. The van der Waals surface area contributed by atoms with Crippen LogP contribution in [0, 0.1) is 12.7 Å². The maximum Gasteiger partial charge on any atom is 0.283 e.